The molecular formula is C23H30N2O2. The van der Waals surface area contributed by atoms with Crippen molar-refractivity contribution in [1.29, 1.82) is 0 Å². The first-order valence-electron chi connectivity index (χ1n) is 9.85. The minimum atomic E-state index is 0.0834. The van der Waals surface area contributed by atoms with E-state index in [9.17, 15) is 9.59 Å². The maximum atomic E-state index is 11.8. The molecule has 2 aromatic rings. The minimum Gasteiger partial charge on any atom is -0.356 e. The van der Waals surface area contributed by atoms with Crippen molar-refractivity contribution >= 4 is 11.8 Å². The summed E-state index contributed by atoms with van der Waals surface area (Å²) in [5, 5.41) is 5.83. The van der Waals surface area contributed by atoms with Crippen LogP contribution in [0, 0.1) is 0 Å². The van der Waals surface area contributed by atoms with E-state index < -0.39 is 0 Å². The van der Waals surface area contributed by atoms with Gasteiger partial charge in [-0.25, -0.2) is 0 Å². The van der Waals surface area contributed by atoms with E-state index in [1.165, 1.54) is 11.1 Å². The van der Waals surface area contributed by atoms with Crippen LogP contribution in [0.4, 0.5) is 0 Å². The van der Waals surface area contributed by atoms with Crippen molar-refractivity contribution in [2.45, 2.75) is 44.9 Å². The van der Waals surface area contributed by atoms with Gasteiger partial charge in [0.25, 0.3) is 0 Å². The first-order chi connectivity index (χ1) is 13.2. The molecule has 144 valence electrons. The Labute approximate surface area is 162 Å². The van der Waals surface area contributed by atoms with Gasteiger partial charge in [-0.05, 0) is 43.2 Å². The number of rotatable bonds is 12. The molecule has 0 atom stereocenters. The second-order valence-electron chi connectivity index (χ2n) is 6.73. The molecule has 0 saturated heterocycles. The Hall–Kier alpha value is -2.62. The van der Waals surface area contributed by atoms with Crippen LogP contribution >= 0.6 is 0 Å². The number of amides is 2. The molecule has 4 nitrogen and oxygen atoms in total. The highest BCUT2D eigenvalue weighted by Gasteiger charge is 2.03. The molecule has 2 amide bonds. The standard InChI is InChI=1S/C23H30N2O2/c26-22(16-7-14-20-10-3-1-4-11-20)24-18-9-19-25-23(27)17-8-15-21-12-5-2-6-13-21/h1-6,10-13H,7-9,14-19H2,(H,24,26)(H,25,27). The van der Waals surface area contributed by atoms with E-state index in [4.69, 9.17) is 0 Å². The zero-order valence-electron chi connectivity index (χ0n) is 16.0. The second-order valence-corrected chi connectivity index (χ2v) is 6.73. The maximum Gasteiger partial charge on any atom is 0.220 e. The highest BCUT2D eigenvalue weighted by Crippen LogP contribution is 2.05. The number of hydrogen-bond acceptors (Lipinski definition) is 2. The molecule has 0 heterocycles. The smallest absolute Gasteiger partial charge is 0.220 e. The molecule has 0 radical (unpaired) electrons. The molecule has 27 heavy (non-hydrogen) atoms. The monoisotopic (exact) mass is 366 g/mol. The Kier molecular flexibility index (Phi) is 9.72. The lowest BCUT2D eigenvalue weighted by molar-refractivity contribution is -0.121. The molecule has 0 saturated carbocycles. The minimum absolute atomic E-state index is 0.0834. The van der Waals surface area contributed by atoms with E-state index in [1.807, 2.05) is 36.4 Å². The van der Waals surface area contributed by atoms with Gasteiger partial charge in [0.05, 0.1) is 0 Å². The molecule has 0 spiro atoms. The van der Waals surface area contributed by atoms with Crippen molar-refractivity contribution in [1.82, 2.24) is 10.6 Å². The van der Waals surface area contributed by atoms with E-state index >= 15 is 0 Å². The van der Waals surface area contributed by atoms with Gasteiger partial charge in [-0.3, -0.25) is 9.59 Å². The molecule has 0 aliphatic carbocycles. The SMILES string of the molecule is O=C(CCCc1ccccc1)NCCCNC(=O)CCCc1ccccc1. The summed E-state index contributed by atoms with van der Waals surface area (Å²) in [5.41, 5.74) is 2.53. The fourth-order valence-electron chi connectivity index (χ4n) is 2.92. The van der Waals surface area contributed by atoms with Gasteiger partial charge in [0, 0.05) is 25.9 Å². The van der Waals surface area contributed by atoms with Gasteiger partial charge in [-0.2, -0.15) is 0 Å². The number of benzene rings is 2. The molecule has 0 aliphatic heterocycles. The number of carbonyl (C=O) groups is 2. The Morgan fingerprint density at radius 2 is 1.00 bits per heavy atom. The van der Waals surface area contributed by atoms with E-state index in [1.54, 1.807) is 0 Å². The Balaban J connectivity index is 1.43. The van der Waals surface area contributed by atoms with Crippen LogP contribution in [0.25, 0.3) is 0 Å². The lowest BCUT2D eigenvalue weighted by Crippen LogP contribution is -2.29. The van der Waals surface area contributed by atoms with Crippen LogP contribution in [-0.4, -0.2) is 24.9 Å². The third-order valence-corrected chi connectivity index (χ3v) is 4.42. The highest BCUT2D eigenvalue weighted by atomic mass is 16.2. The molecular weight excluding hydrogens is 336 g/mol. The quantitative estimate of drug-likeness (QED) is 0.563. The third kappa shape index (κ3) is 9.59. The van der Waals surface area contributed by atoms with Crippen molar-refractivity contribution in [3.63, 3.8) is 0 Å². The van der Waals surface area contributed by atoms with Crippen LogP contribution in [0.2, 0.25) is 0 Å². The molecule has 2 aromatic carbocycles. The number of nitrogens with one attached hydrogen (secondary N) is 2. The zero-order valence-corrected chi connectivity index (χ0v) is 16.0. The van der Waals surface area contributed by atoms with E-state index in [0.29, 0.717) is 25.9 Å². The summed E-state index contributed by atoms with van der Waals surface area (Å²) in [6.07, 6.45) is 5.40. The maximum absolute atomic E-state index is 11.8. The van der Waals surface area contributed by atoms with Gasteiger partial charge in [-0.15, -0.1) is 0 Å². The van der Waals surface area contributed by atoms with Crippen molar-refractivity contribution in [3.05, 3.63) is 71.8 Å². The summed E-state index contributed by atoms with van der Waals surface area (Å²) in [5.74, 6) is 0.167. The highest BCUT2D eigenvalue weighted by molar-refractivity contribution is 5.76. The molecule has 0 unspecified atom stereocenters. The van der Waals surface area contributed by atoms with Gasteiger partial charge >= 0.3 is 0 Å². The van der Waals surface area contributed by atoms with Gasteiger partial charge in [0.2, 0.25) is 11.8 Å². The van der Waals surface area contributed by atoms with E-state index in [-0.39, 0.29) is 11.8 Å². The summed E-state index contributed by atoms with van der Waals surface area (Å²) >= 11 is 0. The normalized spacial score (nSPS) is 10.4. The van der Waals surface area contributed by atoms with Crippen LogP contribution in [-0.2, 0) is 22.4 Å². The molecule has 4 heteroatoms. The molecule has 0 aliphatic rings. The Morgan fingerprint density at radius 3 is 1.41 bits per heavy atom. The summed E-state index contributed by atoms with van der Waals surface area (Å²) < 4.78 is 0. The van der Waals surface area contributed by atoms with Crippen molar-refractivity contribution in [3.8, 4) is 0 Å². The van der Waals surface area contributed by atoms with Crippen molar-refractivity contribution in [2.75, 3.05) is 13.1 Å². The number of carbonyl (C=O) groups excluding carboxylic acids is 2. The van der Waals surface area contributed by atoms with Crippen LogP contribution in [0.5, 0.6) is 0 Å². The Bertz CT molecular complexity index is 612. The van der Waals surface area contributed by atoms with Crippen molar-refractivity contribution < 1.29 is 9.59 Å². The third-order valence-electron chi connectivity index (χ3n) is 4.42. The summed E-state index contributed by atoms with van der Waals surface area (Å²) in [6, 6.07) is 20.4. The summed E-state index contributed by atoms with van der Waals surface area (Å²) in [6.45, 7) is 1.21. The Morgan fingerprint density at radius 1 is 0.593 bits per heavy atom. The fourth-order valence-corrected chi connectivity index (χ4v) is 2.92. The predicted octanol–water partition coefficient (Wildman–Crippen LogP) is 3.65. The molecule has 2 N–H and O–H groups in total. The largest absolute Gasteiger partial charge is 0.356 e. The van der Waals surface area contributed by atoms with E-state index in [2.05, 4.69) is 34.9 Å². The van der Waals surface area contributed by atoms with Gasteiger partial charge in [-0.1, -0.05) is 60.7 Å². The van der Waals surface area contributed by atoms with Gasteiger partial charge in [0.1, 0.15) is 0 Å². The van der Waals surface area contributed by atoms with Gasteiger partial charge in [0.15, 0.2) is 0 Å². The number of aryl methyl sites for hydroxylation is 2. The first-order valence-corrected chi connectivity index (χ1v) is 9.85. The second kappa shape index (κ2) is 12.7. The predicted molar refractivity (Wildman–Crippen MR) is 109 cm³/mol. The average molecular weight is 367 g/mol. The van der Waals surface area contributed by atoms with Gasteiger partial charge < -0.3 is 10.6 Å². The molecule has 2 rings (SSSR count). The topological polar surface area (TPSA) is 58.2 Å². The van der Waals surface area contributed by atoms with Crippen LogP contribution in [0.3, 0.4) is 0 Å². The molecule has 0 fully saturated rings. The molecule has 0 aromatic heterocycles. The van der Waals surface area contributed by atoms with Crippen LogP contribution < -0.4 is 10.6 Å². The lowest BCUT2D eigenvalue weighted by Gasteiger charge is -2.07. The fraction of sp³-hybridized carbons (Fsp3) is 0.391. The van der Waals surface area contributed by atoms with Crippen molar-refractivity contribution in [2.24, 2.45) is 0 Å². The van der Waals surface area contributed by atoms with Crippen LogP contribution in [0.15, 0.2) is 60.7 Å². The number of hydrogen-bond donors (Lipinski definition) is 2. The average Bonchev–Trinajstić information content (AvgIpc) is 2.69. The summed E-state index contributed by atoms with van der Waals surface area (Å²) in [4.78, 5) is 23.6. The first kappa shape index (κ1) is 20.7. The van der Waals surface area contributed by atoms with E-state index in [0.717, 1.165) is 32.1 Å². The summed E-state index contributed by atoms with van der Waals surface area (Å²) in [7, 11) is 0. The molecule has 0 bridgehead atoms. The zero-order chi connectivity index (χ0) is 19.2. The lowest BCUT2D eigenvalue weighted by atomic mass is 10.1. The van der Waals surface area contributed by atoms with Crippen LogP contribution in [0.1, 0.15) is 43.2 Å².